The quantitative estimate of drug-likeness (QED) is 0.302. The van der Waals surface area contributed by atoms with Crippen LogP contribution in [0, 0.1) is 10.1 Å². The number of ether oxygens (including phenoxy) is 1. The van der Waals surface area contributed by atoms with E-state index in [1.165, 1.54) is 6.92 Å². The summed E-state index contributed by atoms with van der Waals surface area (Å²) in [6.45, 7) is 4.59. The van der Waals surface area contributed by atoms with Crippen LogP contribution < -0.4 is 5.32 Å². The molecule has 0 amide bonds. The predicted molar refractivity (Wildman–Crippen MR) is 109 cm³/mol. The van der Waals surface area contributed by atoms with Gasteiger partial charge in [0, 0.05) is 18.4 Å². The Morgan fingerprint density at radius 3 is 2.57 bits per heavy atom. The number of hydrogen-bond acceptors (Lipinski definition) is 7. The van der Waals surface area contributed by atoms with Crippen LogP contribution in [0.2, 0.25) is 10.0 Å². The van der Waals surface area contributed by atoms with Crippen molar-refractivity contribution in [3.05, 3.63) is 66.6 Å². The van der Waals surface area contributed by atoms with Crippen LogP contribution in [-0.2, 0) is 14.3 Å². The fourth-order valence-electron chi connectivity index (χ4n) is 2.94. The number of allylic oxidation sites excluding steroid dienone is 3. The number of nitrogens with zero attached hydrogens (tertiary/aromatic N) is 1. The lowest BCUT2D eigenvalue weighted by Crippen LogP contribution is -2.32. The number of esters is 1. The summed E-state index contributed by atoms with van der Waals surface area (Å²) in [5, 5.41) is 14.9. The second-order valence-electron chi connectivity index (χ2n) is 5.98. The second kappa shape index (κ2) is 9.45. The molecule has 1 aromatic rings. The van der Waals surface area contributed by atoms with Gasteiger partial charge in [-0.3, -0.25) is 14.9 Å². The first kappa shape index (κ1) is 22.3. The van der Waals surface area contributed by atoms with Crippen LogP contribution >= 0.6 is 35.0 Å². The molecule has 0 fully saturated rings. The number of thioether (sulfide) groups is 1. The third-order valence-corrected chi connectivity index (χ3v) is 5.67. The van der Waals surface area contributed by atoms with Gasteiger partial charge in [0.25, 0.3) is 5.70 Å². The highest BCUT2D eigenvalue weighted by molar-refractivity contribution is 8.13. The number of nitrogens with one attached hydrogen (secondary N) is 1. The number of rotatable bonds is 6. The molecule has 1 aliphatic rings. The highest BCUT2D eigenvalue weighted by atomic mass is 35.5. The molecular formula is C18H18Cl2N2O5S. The maximum absolute atomic E-state index is 12.8. The molecule has 1 aliphatic heterocycles. The van der Waals surface area contributed by atoms with Crippen molar-refractivity contribution in [1.82, 2.24) is 5.32 Å². The van der Waals surface area contributed by atoms with E-state index in [1.54, 1.807) is 32.0 Å². The Kier molecular flexibility index (Phi) is 7.51. The van der Waals surface area contributed by atoms with Crippen molar-refractivity contribution in [3.8, 4) is 0 Å². The number of dihydropyridines is 1. The molecule has 1 aromatic carbocycles. The van der Waals surface area contributed by atoms with Crippen LogP contribution in [0.3, 0.4) is 0 Å². The number of carbonyl (C=O) groups excluding carboxylic acids is 2. The summed E-state index contributed by atoms with van der Waals surface area (Å²) in [4.78, 5) is 35.0. The minimum absolute atomic E-state index is 0.00759. The SMILES string of the molecule is CC(=O)SCCOC(=O)C1=C(C)NC(C)=C([N+](=O)[O-])C1c1cccc(Cl)c1Cl. The number of carbonyl (C=O) groups is 2. The van der Waals surface area contributed by atoms with Crippen LogP contribution in [0.15, 0.2) is 40.9 Å². The molecule has 7 nitrogen and oxygen atoms in total. The molecule has 0 spiro atoms. The van der Waals surface area contributed by atoms with Gasteiger partial charge >= 0.3 is 5.97 Å². The summed E-state index contributed by atoms with van der Waals surface area (Å²) in [5.74, 6) is -1.47. The Labute approximate surface area is 176 Å². The lowest BCUT2D eigenvalue weighted by Gasteiger charge is -2.27. The van der Waals surface area contributed by atoms with E-state index in [4.69, 9.17) is 27.9 Å². The van der Waals surface area contributed by atoms with Crippen molar-refractivity contribution in [1.29, 1.82) is 0 Å². The van der Waals surface area contributed by atoms with Gasteiger partial charge in [0.05, 0.1) is 26.2 Å². The van der Waals surface area contributed by atoms with Gasteiger partial charge in [-0.05, 0) is 25.5 Å². The molecule has 0 bridgehead atoms. The molecule has 1 unspecified atom stereocenters. The van der Waals surface area contributed by atoms with Crippen molar-refractivity contribution in [2.24, 2.45) is 0 Å². The summed E-state index contributed by atoms with van der Waals surface area (Å²) in [6, 6.07) is 4.76. The lowest BCUT2D eigenvalue weighted by molar-refractivity contribution is -0.431. The highest BCUT2D eigenvalue weighted by Crippen LogP contribution is 2.43. The first-order valence-corrected chi connectivity index (χ1v) is 9.96. The Hall–Kier alpha value is -2.03. The van der Waals surface area contributed by atoms with E-state index >= 15 is 0 Å². The second-order valence-corrected chi connectivity index (χ2v) is 8.04. The molecule has 28 heavy (non-hydrogen) atoms. The summed E-state index contributed by atoms with van der Waals surface area (Å²) < 4.78 is 5.26. The average Bonchev–Trinajstić information content (AvgIpc) is 2.59. The fourth-order valence-corrected chi connectivity index (χ4v) is 3.81. The lowest BCUT2D eigenvalue weighted by atomic mass is 9.84. The molecule has 1 N–H and O–H groups in total. The molecule has 150 valence electrons. The van der Waals surface area contributed by atoms with E-state index < -0.39 is 16.8 Å². The Bertz CT molecular complexity index is 898. The predicted octanol–water partition coefficient (Wildman–Crippen LogP) is 4.29. The smallest absolute Gasteiger partial charge is 0.337 e. The summed E-state index contributed by atoms with van der Waals surface area (Å²) in [5.41, 5.74) is 0.931. The van der Waals surface area contributed by atoms with E-state index in [0.29, 0.717) is 22.7 Å². The molecule has 2 rings (SSSR count). The monoisotopic (exact) mass is 444 g/mol. The first-order valence-electron chi connectivity index (χ1n) is 8.22. The normalized spacial score (nSPS) is 16.7. The van der Waals surface area contributed by atoms with Crippen molar-refractivity contribution in [3.63, 3.8) is 0 Å². The van der Waals surface area contributed by atoms with Gasteiger partial charge in [-0.25, -0.2) is 4.79 Å². The van der Waals surface area contributed by atoms with E-state index in [2.05, 4.69) is 5.32 Å². The zero-order valence-corrected chi connectivity index (χ0v) is 17.7. The minimum Gasteiger partial charge on any atom is -0.461 e. The van der Waals surface area contributed by atoms with Gasteiger partial charge in [-0.1, -0.05) is 47.1 Å². The van der Waals surface area contributed by atoms with Crippen LogP contribution in [0.5, 0.6) is 0 Å². The highest BCUT2D eigenvalue weighted by Gasteiger charge is 2.42. The zero-order chi connectivity index (χ0) is 21.0. The molecule has 0 saturated heterocycles. The van der Waals surface area contributed by atoms with Crippen molar-refractivity contribution in [2.75, 3.05) is 12.4 Å². The number of nitro groups is 1. The van der Waals surface area contributed by atoms with Crippen LogP contribution in [0.4, 0.5) is 0 Å². The minimum atomic E-state index is -1.05. The Balaban J connectivity index is 2.47. The van der Waals surface area contributed by atoms with Gasteiger partial charge in [-0.2, -0.15) is 0 Å². The zero-order valence-electron chi connectivity index (χ0n) is 15.4. The van der Waals surface area contributed by atoms with Crippen LogP contribution in [0.1, 0.15) is 32.3 Å². The van der Waals surface area contributed by atoms with Crippen molar-refractivity contribution in [2.45, 2.75) is 26.7 Å². The first-order chi connectivity index (χ1) is 13.1. The third-order valence-electron chi connectivity index (χ3n) is 4.06. The van der Waals surface area contributed by atoms with Crippen LogP contribution in [-0.4, -0.2) is 28.4 Å². The van der Waals surface area contributed by atoms with Crippen molar-refractivity contribution < 1.29 is 19.2 Å². The van der Waals surface area contributed by atoms with Gasteiger partial charge in [0.15, 0.2) is 5.12 Å². The third kappa shape index (κ3) is 4.87. The molecular weight excluding hydrogens is 427 g/mol. The number of benzene rings is 1. The Morgan fingerprint density at radius 2 is 1.96 bits per heavy atom. The standard InChI is InChI=1S/C18H18Cl2N2O5S/c1-9-14(18(24)27-7-8-28-11(3)23)15(17(22(25)26)10(2)21-9)12-5-4-6-13(19)16(12)20/h4-6,15,21H,7-8H2,1-3H3. The van der Waals surface area contributed by atoms with E-state index in [-0.39, 0.29) is 33.0 Å². The number of halogens is 2. The maximum atomic E-state index is 12.8. The summed E-state index contributed by atoms with van der Waals surface area (Å²) >= 11 is 13.4. The molecule has 10 heteroatoms. The van der Waals surface area contributed by atoms with Gasteiger partial charge in [0.2, 0.25) is 0 Å². The van der Waals surface area contributed by atoms with E-state index in [9.17, 15) is 19.7 Å². The molecule has 1 heterocycles. The van der Waals surface area contributed by atoms with Gasteiger partial charge in [0.1, 0.15) is 12.5 Å². The largest absolute Gasteiger partial charge is 0.461 e. The molecule has 0 aromatic heterocycles. The van der Waals surface area contributed by atoms with Gasteiger partial charge in [-0.15, -0.1) is 0 Å². The maximum Gasteiger partial charge on any atom is 0.337 e. The van der Waals surface area contributed by atoms with Gasteiger partial charge < -0.3 is 10.1 Å². The molecule has 0 saturated carbocycles. The van der Waals surface area contributed by atoms with E-state index in [1.807, 2.05) is 0 Å². The summed E-state index contributed by atoms with van der Waals surface area (Å²) in [6.07, 6.45) is 0. The number of hydrogen-bond donors (Lipinski definition) is 1. The Morgan fingerprint density at radius 1 is 1.29 bits per heavy atom. The van der Waals surface area contributed by atoms with Crippen LogP contribution in [0.25, 0.3) is 0 Å². The average molecular weight is 445 g/mol. The fraction of sp³-hybridized carbons (Fsp3) is 0.333. The molecule has 0 aliphatic carbocycles. The molecule has 0 radical (unpaired) electrons. The topological polar surface area (TPSA) is 98.5 Å². The van der Waals surface area contributed by atoms with E-state index in [0.717, 1.165) is 11.8 Å². The van der Waals surface area contributed by atoms with Crippen molar-refractivity contribution >= 4 is 46.0 Å². The summed E-state index contributed by atoms with van der Waals surface area (Å²) in [7, 11) is 0. The molecule has 1 atom stereocenters.